The molecular formula is C13H15N3O2S. The number of thiazole rings is 1. The Hall–Kier alpha value is -1.95. The summed E-state index contributed by atoms with van der Waals surface area (Å²) in [4.78, 5) is 33.6. The van der Waals surface area contributed by atoms with E-state index >= 15 is 0 Å². The first kappa shape index (κ1) is 13.5. The summed E-state index contributed by atoms with van der Waals surface area (Å²) in [6.07, 6.45) is 1.47. The zero-order valence-corrected chi connectivity index (χ0v) is 11.9. The number of carbonyl (C=O) groups is 1. The van der Waals surface area contributed by atoms with Crippen LogP contribution in [0.4, 0.5) is 0 Å². The average Bonchev–Trinajstić information content (AvgIpc) is 2.74. The van der Waals surface area contributed by atoms with Crippen molar-refractivity contribution in [1.82, 2.24) is 14.9 Å². The maximum absolute atomic E-state index is 12.2. The van der Waals surface area contributed by atoms with E-state index in [1.807, 2.05) is 6.92 Å². The number of hydrogen-bond acceptors (Lipinski definition) is 4. The van der Waals surface area contributed by atoms with Gasteiger partial charge in [0.25, 0.3) is 5.91 Å². The Morgan fingerprint density at radius 1 is 1.47 bits per heavy atom. The van der Waals surface area contributed by atoms with Gasteiger partial charge in [0, 0.05) is 29.9 Å². The molecular weight excluding hydrogens is 262 g/mol. The molecule has 0 fully saturated rings. The van der Waals surface area contributed by atoms with Crippen molar-refractivity contribution in [2.75, 3.05) is 7.05 Å². The minimum absolute atomic E-state index is 0.162. The first-order valence-electron chi connectivity index (χ1n) is 5.83. The SMILES string of the molecule is Cc1cc(=O)c(C(=O)N(C)Cc2scnc2C)c[nH]1. The van der Waals surface area contributed by atoms with E-state index in [9.17, 15) is 9.59 Å². The number of nitrogens with one attached hydrogen (secondary N) is 1. The van der Waals surface area contributed by atoms with Gasteiger partial charge in [0.2, 0.25) is 0 Å². The molecule has 0 atom stereocenters. The summed E-state index contributed by atoms with van der Waals surface area (Å²) < 4.78 is 0. The zero-order chi connectivity index (χ0) is 14.0. The van der Waals surface area contributed by atoms with Gasteiger partial charge in [-0.3, -0.25) is 9.59 Å². The van der Waals surface area contributed by atoms with E-state index < -0.39 is 0 Å². The number of aryl methyl sites for hydroxylation is 2. The van der Waals surface area contributed by atoms with E-state index in [1.54, 1.807) is 19.5 Å². The van der Waals surface area contributed by atoms with Crippen LogP contribution >= 0.6 is 11.3 Å². The molecule has 0 aliphatic heterocycles. The van der Waals surface area contributed by atoms with Gasteiger partial charge in [0.15, 0.2) is 5.43 Å². The largest absolute Gasteiger partial charge is 0.364 e. The van der Waals surface area contributed by atoms with Gasteiger partial charge in [0.1, 0.15) is 5.56 Å². The van der Waals surface area contributed by atoms with Crippen molar-refractivity contribution in [3.63, 3.8) is 0 Å². The van der Waals surface area contributed by atoms with Crippen LogP contribution in [-0.4, -0.2) is 27.8 Å². The standard InChI is InChI=1S/C13H15N3O2S/c1-8-4-11(17)10(5-14-8)13(18)16(3)6-12-9(2)15-7-19-12/h4-5,7H,6H2,1-3H3,(H,14,17). The van der Waals surface area contributed by atoms with Crippen molar-refractivity contribution >= 4 is 17.2 Å². The number of nitrogens with zero attached hydrogens (tertiary/aromatic N) is 2. The van der Waals surface area contributed by atoms with Crippen molar-refractivity contribution in [2.45, 2.75) is 20.4 Å². The first-order valence-corrected chi connectivity index (χ1v) is 6.70. The minimum atomic E-state index is -0.283. The van der Waals surface area contributed by atoms with Crippen LogP contribution in [0.2, 0.25) is 0 Å². The van der Waals surface area contributed by atoms with Crippen molar-refractivity contribution in [3.8, 4) is 0 Å². The van der Waals surface area contributed by atoms with Crippen LogP contribution in [0.15, 0.2) is 22.6 Å². The van der Waals surface area contributed by atoms with E-state index in [1.165, 1.54) is 28.5 Å². The molecule has 0 aliphatic rings. The van der Waals surface area contributed by atoms with Crippen LogP contribution in [0.3, 0.4) is 0 Å². The fourth-order valence-corrected chi connectivity index (χ4v) is 2.54. The Morgan fingerprint density at radius 2 is 2.21 bits per heavy atom. The topological polar surface area (TPSA) is 66.1 Å². The Kier molecular flexibility index (Phi) is 3.80. The van der Waals surface area contributed by atoms with Gasteiger partial charge in [-0.1, -0.05) is 0 Å². The maximum atomic E-state index is 12.2. The maximum Gasteiger partial charge on any atom is 0.259 e. The lowest BCUT2D eigenvalue weighted by atomic mass is 10.2. The summed E-state index contributed by atoms with van der Waals surface area (Å²) in [6, 6.07) is 1.43. The molecule has 0 saturated heterocycles. The lowest BCUT2D eigenvalue weighted by Gasteiger charge is -2.16. The molecule has 0 aliphatic carbocycles. The highest BCUT2D eigenvalue weighted by Crippen LogP contribution is 2.15. The van der Waals surface area contributed by atoms with Crippen molar-refractivity contribution in [1.29, 1.82) is 0 Å². The number of amides is 1. The van der Waals surface area contributed by atoms with Crippen LogP contribution in [0, 0.1) is 13.8 Å². The molecule has 19 heavy (non-hydrogen) atoms. The second kappa shape index (κ2) is 5.36. The molecule has 0 bridgehead atoms. The van der Waals surface area contributed by atoms with Gasteiger partial charge in [-0.2, -0.15) is 0 Å². The molecule has 0 spiro atoms. The number of H-pyrrole nitrogens is 1. The Balaban J connectivity index is 2.20. The molecule has 1 amide bonds. The monoisotopic (exact) mass is 277 g/mol. The number of hydrogen-bond donors (Lipinski definition) is 1. The lowest BCUT2D eigenvalue weighted by Crippen LogP contribution is -2.30. The fraction of sp³-hybridized carbons (Fsp3) is 0.308. The molecule has 5 nitrogen and oxygen atoms in total. The second-order valence-corrected chi connectivity index (χ2v) is 5.36. The van der Waals surface area contributed by atoms with Gasteiger partial charge in [-0.25, -0.2) is 4.98 Å². The Labute approximate surface area is 114 Å². The molecule has 0 unspecified atom stereocenters. The second-order valence-electron chi connectivity index (χ2n) is 4.42. The summed E-state index contributed by atoms with van der Waals surface area (Å²) in [5.74, 6) is -0.283. The number of pyridine rings is 1. The zero-order valence-electron chi connectivity index (χ0n) is 11.1. The van der Waals surface area contributed by atoms with Gasteiger partial charge < -0.3 is 9.88 Å². The van der Waals surface area contributed by atoms with E-state index in [0.717, 1.165) is 16.3 Å². The van der Waals surface area contributed by atoms with E-state index in [0.29, 0.717) is 6.54 Å². The summed E-state index contributed by atoms with van der Waals surface area (Å²) in [7, 11) is 1.68. The number of rotatable bonds is 3. The first-order chi connectivity index (χ1) is 8.99. The average molecular weight is 277 g/mol. The molecule has 2 heterocycles. The smallest absolute Gasteiger partial charge is 0.259 e. The van der Waals surface area contributed by atoms with Gasteiger partial charge in [-0.15, -0.1) is 11.3 Å². The van der Waals surface area contributed by atoms with E-state index in [2.05, 4.69) is 9.97 Å². The highest BCUT2D eigenvalue weighted by Gasteiger charge is 2.16. The molecule has 2 rings (SSSR count). The van der Waals surface area contributed by atoms with Crippen LogP contribution in [0.1, 0.15) is 26.6 Å². The Morgan fingerprint density at radius 3 is 2.79 bits per heavy atom. The molecule has 6 heteroatoms. The molecule has 2 aromatic rings. The van der Waals surface area contributed by atoms with E-state index in [-0.39, 0.29) is 16.9 Å². The van der Waals surface area contributed by atoms with Gasteiger partial charge in [0.05, 0.1) is 17.7 Å². The number of aromatic nitrogens is 2. The lowest BCUT2D eigenvalue weighted by molar-refractivity contribution is 0.0784. The summed E-state index contributed by atoms with van der Waals surface area (Å²) >= 11 is 1.51. The molecule has 100 valence electrons. The normalized spacial score (nSPS) is 10.5. The van der Waals surface area contributed by atoms with Crippen LogP contribution in [-0.2, 0) is 6.54 Å². The third kappa shape index (κ3) is 2.90. The fourth-order valence-electron chi connectivity index (χ4n) is 1.71. The van der Waals surface area contributed by atoms with Gasteiger partial charge in [-0.05, 0) is 13.8 Å². The quantitative estimate of drug-likeness (QED) is 0.929. The summed E-state index contributed by atoms with van der Waals surface area (Å²) in [6.45, 7) is 4.14. The molecule has 0 aromatic carbocycles. The Bertz CT molecular complexity index is 660. The minimum Gasteiger partial charge on any atom is -0.364 e. The summed E-state index contributed by atoms with van der Waals surface area (Å²) in [5.41, 5.74) is 3.32. The van der Waals surface area contributed by atoms with Crippen molar-refractivity contribution < 1.29 is 4.79 Å². The molecule has 2 aromatic heterocycles. The third-order valence-electron chi connectivity index (χ3n) is 2.86. The highest BCUT2D eigenvalue weighted by molar-refractivity contribution is 7.09. The summed E-state index contributed by atoms with van der Waals surface area (Å²) in [5, 5.41) is 0. The molecule has 0 saturated carbocycles. The van der Waals surface area contributed by atoms with E-state index in [4.69, 9.17) is 0 Å². The number of carbonyl (C=O) groups excluding carboxylic acids is 1. The van der Waals surface area contributed by atoms with Crippen molar-refractivity contribution in [3.05, 3.63) is 49.8 Å². The van der Waals surface area contributed by atoms with Crippen LogP contribution in [0.5, 0.6) is 0 Å². The third-order valence-corrected chi connectivity index (χ3v) is 3.78. The van der Waals surface area contributed by atoms with Crippen molar-refractivity contribution in [2.24, 2.45) is 0 Å². The molecule has 1 N–H and O–H groups in total. The number of aromatic amines is 1. The predicted octanol–water partition coefficient (Wildman–Crippen LogP) is 1.72. The van der Waals surface area contributed by atoms with Crippen LogP contribution in [0.25, 0.3) is 0 Å². The van der Waals surface area contributed by atoms with Crippen LogP contribution < -0.4 is 5.43 Å². The molecule has 0 radical (unpaired) electrons. The highest BCUT2D eigenvalue weighted by atomic mass is 32.1. The predicted molar refractivity (Wildman–Crippen MR) is 74.4 cm³/mol. The van der Waals surface area contributed by atoms with Gasteiger partial charge >= 0.3 is 0 Å².